The van der Waals surface area contributed by atoms with Gasteiger partial charge in [0.2, 0.25) is 0 Å². The molecule has 0 amide bonds. The summed E-state index contributed by atoms with van der Waals surface area (Å²) in [7, 11) is -1.90. The third-order valence-electron chi connectivity index (χ3n) is 4.23. The second-order valence-electron chi connectivity index (χ2n) is 5.53. The third-order valence-corrected chi connectivity index (χ3v) is 9.72. The standard InChI is InChI=1S/C18H19ClSi/c1-2-20(19,14-15-8-4-3-5-9-15)18-12-16-10-6-7-11-17(16)13-18/h3-12H,2,13-14H2,1H3. The molecule has 0 saturated heterocycles. The number of allylic oxidation sites excluding steroid dienone is 1. The first kappa shape index (κ1) is 13.7. The molecule has 0 spiro atoms. The van der Waals surface area contributed by atoms with Gasteiger partial charge in [-0.25, -0.2) is 0 Å². The minimum absolute atomic E-state index is 1.03. The van der Waals surface area contributed by atoms with Crippen molar-refractivity contribution in [1.82, 2.24) is 0 Å². The molecule has 3 rings (SSSR count). The summed E-state index contributed by atoms with van der Waals surface area (Å²) in [4.78, 5) is 0. The van der Waals surface area contributed by atoms with Crippen LogP contribution in [0, 0.1) is 0 Å². The van der Waals surface area contributed by atoms with Gasteiger partial charge in [-0.2, -0.15) is 11.1 Å². The maximum absolute atomic E-state index is 7.13. The first-order valence-corrected chi connectivity index (χ1v) is 10.7. The molecule has 2 heteroatoms. The lowest BCUT2D eigenvalue weighted by Crippen LogP contribution is -2.33. The van der Waals surface area contributed by atoms with Crippen molar-refractivity contribution in [3.63, 3.8) is 0 Å². The van der Waals surface area contributed by atoms with E-state index >= 15 is 0 Å². The molecule has 0 N–H and O–H groups in total. The van der Waals surface area contributed by atoms with Crippen LogP contribution in [0.4, 0.5) is 0 Å². The lowest BCUT2D eigenvalue weighted by Gasteiger charge is -2.25. The Bertz CT molecular complexity index is 633. The summed E-state index contributed by atoms with van der Waals surface area (Å²) in [6.45, 7) is 2.24. The molecule has 0 radical (unpaired) electrons. The Labute approximate surface area is 126 Å². The zero-order valence-corrected chi connectivity index (χ0v) is 13.5. The van der Waals surface area contributed by atoms with E-state index in [1.807, 2.05) is 0 Å². The van der Waals surface area contributed by atoms with Crippen molar-refractivity contribution < 1.29 is 0 Å². The summed E-state index contributed by atoms with van der Waals surface area (Å²) in [5.41, 5.74) is 4.16. The van der Waals surface area contributed by atoms with Gasteiger partial charge in [-0.15, -0.1) is 0 Å². The van der Waals surface area contributed by atoms with Crippen LogP contribution < -0.4 is 0 Å². The molecule has 1 atom stereocenters. The van der Waals surface area contributed by atoms with Gasteiger partial charge in [-0.3, -0.25) is 0 Å². The molecule has 0 nitrogen and oxygen atoms in total. The molecule has 2 aromatic carbocycles. The Kier molecular flexibility index (Phi) is 3.82. The molecule has 0 bridgehead atoms. The van der Waals surface area contributed by atoms with Crippen molar-refractivity contribution in [1.29, 1.82) is 0 Å². The fraction of sp³-hybridized carbons (Fsp3) is 0.222. The molecule has 1 unspecified atom stereocenters. The number of hydrogen-bond acceptors (Lipinski definition) is 0. The van der Waals surface area contributed by atoms with Crippen LogP contribution in [-0.2, 0) is 12.5 Å². The molecule has 1 aliphatic rings. The topological polar surface area (TPSA) is 0 Å². The number of halogens is 1. The number of fused-ring (bicyclic) bond motifs is 1. The second kappa shape index (κ2) is 5.59. The normalized spacial score (nSPS) is 16.4. The zero-order valence-electron chi connectivity index (χ0n) is 11.8. The molecule has 0 heterocycles. The monoisotopic (exact) mass is 298 g/mol. The van der Waals surface area contributed by atoms with Crippen molar-refractivity contribution in [3.05, 3.63) is 76.5 Å². The average Bonchev–Trinajstić information content (AvgIpc) is 2.93. The highest BCUT2D eigenvalue weighted by atomic mass is 35.6. The fourth-order valence-electron chi connectivity index (χ4n) is 2.95. The van der Waals surface area contributed by atoms with Gasteiger partial charge in [0.05, 0.1) is 0 Å². The first-order chi connectivity index (χ1) is 9.71. The lowest BCUT2D eigenvalue weighted by atomic mass is 10.1. The smallest absolute Gasteiger partial charge is 0.161 e. The predicted octanol–water partition coefficient (Wildman–Crippen LogP) is 5.15. The Balaban J connectivity index is 1.88. The van der Waals surface area contributed by atoms with E-state index in [4.69, 9.17) is 11.1 Å². The van der Waals surface area contributed by atoms with Crippen LogP contribution in [0.15, 0.2) is 59.8 Å². The minimum Gasteiger partial charge on any atom is -0.161 e. The van der Waals surface area contributed by atoms with Gasteiger partial charge >= 0.3 is 0 Å². The van der Waals surface area contributed by atoms with E-state index in [1.54, 1.807) is 0 Å². The maximum Gasteiger partial charge on any atom is 0.187 e. The molecule has 2 aromatic rings. The van der Waals surface area contributed by atoms with Crippen LogP contribution in [0.3, 0.4) is 0 Å². The minimum atomic E-state index is -1.90. The summed E-state index contributed by atoms with van der Waals surface area (Å²) < 4.78 is 0. The van der Waals surface area contributed by atoms with Gasteiger partial charge in [-0.1, -0.05) is 72.8 Å². The molecule has 102 valence electrons. The number of hydrogen-bond donors (Lipinski definition) is 0. The van der Waals surface area contributed by atoms with Crippen LogP contribution in [0.5, 0.6) is 0 Å². The quantitative estimate of drug-likeness (QED) is 0.541. The molecule has 0 aromatic heterocycles. The van der Waals surface area contributed by atoms with Gasteiger partial charge in [0.25, 0.3) is 0 Å². The summed E-state index contributed by atoms with van der Waals surface area (Å²) in [6.07, 6.45) is 3.40. The summed E-state index contributed by atoms with van der Waals surface area (Å²) in [5.74, 6) is 0. The fourth-order valence-corrected chi connectivity index (χ4v) is 6.52. The largest absolute Gasteiger partial charge is 0.187 e. The molecule has 0 aliphatic heterocycles. The van der Waals surface area contributed by atoms with Crippen LogP contribution in [0.1, 0.15) is 23.6 Å². The van der Waals surface area contributed by atoms with Crippen molar-refractivity contribution in [3.8, 4) is 0 Å². The summed E-state index contributed by atoms with van der Waals surface area (Å²) >= 11 is 7.13. The van der Waals surface area contributed by atoms with Gasteiger partial charge in [0.15, 0.2) is 7.38 Å². The predicted molar refractivity (Wildman–Crippen MR) is 90.4 cm³/mol. The maximum atomic E-state index is 7.13. The van der Waals surface area contributed by atoms with Crippen molar-refractivity contribution >= 4 is 24.5 Å². The van der Waals surface area contributed by atoms with E-state index in [9.17, 15) is 0 Å². The molecular formula is C18H19ClSi. The molecular weight excluding hydrogens is 280 g/mol. The van der Waals surface area contributed by atoms with Crippen molar-refractivity contribution in [2.45, 2.75) is 25.4 Å². The van der Waals surface area contributed by atoms with Gasteiger partial charge in [-0.05, 0) is 35.2 Å². The highest BCUT2D eigenvalue weighted by molar-refractivity contribution is 7.24. The van der Waals surface area contributed by atoms with Gasteiger partial charge in [0.1, 0.15) is 0 Å². The van der Waals surface area contributed by atoms with Crippen LogP contribution >= 0.6 is 11.1 Å². The number of rotatable bonds is 4. The van der Waals surface area contributed by atoms with Crippen LogP contribution in [0.2, 0.25) is 6.04 Å². The first-order valence-electron chi connectivity index (χ1n) is 7.23. The van der Waals surface area contributed by atoms with Crippen molar-refractivity contribution in [2.75, 3.05) is 0 Å². The highest BCUT2D eigenvalue weighted by Crippen LogP contribution is 2.36. The van der Waals surface area contributed by atoms with Gasteiger partial charge < -0.3 is 0 Å². The summed E-state index contributed by atoms with van der Waals surface area (Å²) in [5, 5.41) is 1.49. The molecule has 0 fully saturated rings. The van der Waals surface area contributed by atoms with Gasteiger partial charge in [0, 0.05) is 0 Å². The third kappa shape index (κ3) is 2.61. The SMILES string of the molecule is CC[Si](Cl)(Cc1ccccc1)C1=Cc2ccccc2C1. The van der Waals surface area contributed by atoms with E-state index < -0.39 is 7.38 Å². The summed E-state index contributed by atoms with van der Waals surface area (Å²) in [6, 6.07) is 21.4. The molecule has 0 saturated carbocycles. The molecule has 20 heavy (non-hydrogen) atoms. The Morgan fingerprint density at radius 3 is 2.40 bits per heavy atom. The van der Waals surface area contributed by atoms with E-state index in [-0.39, 0.29) is 0 Å². The zero-order chi connectivity index (χ0) is 14.0. The lowest BCUT2D eigenvalue weighted by molar-refractivity contribution is 1.20. The van der Waals surface area contributed by atoms with E-state index in [2.05, 4.69) is 67.6 Å². The number of benzene rings is 2. The molecule has 1 aliphatic carbocycles. The van der Waals surface area contributed by atoms with E-state index in [1.165, 1.54) is 21.9 Å². The Hall–Kier alpha value is -1.31. The average molecular weight is 299 g/mol. The van der Waals surface area contributed by atoms with E-state index in [0.717, 1.165) is 18.5 Å². The van der Waals surface area contributed by atoms with Crippen LogP contribution in [-0.4, -0.2) is 7.38 Å². The van der Waals surface area contributed by atoms with E-state index in [0.29, 0.717) is 0 Å². The van der Waals surface area contributed by atoms with Crippen LogP contribution in [0.25, 0.3) is 6.08 Å². The second-order valence-corrected chi connectivity index (χ2v) is 11.3. The Morgan fingerprint density at radius 2 is 1.70 bits per heavy atom. The highest BCUT2D eigenvalue weighted by Gasteiger charge is 2.35. The Morgan fingerprint density at radius 1 is 1.00 bits per heavy atom. The van der Waals surface area contributed by atoms with Crippen molar-refractivity contribution in [2.24, 2.45) is 0 Å².